The van der Waals surface area contributed by atoms with E-state index in [0.717, 1.165) is 5.56 Å². The summed E-state index contributed by atoms with van der Waals surface area (Å²) < 4.78 is 37.3. The van der Waals surface area contributed by atoms with Crippen molar-refractivity contribution in [3.8, 4) is 0 Å². The van der Waals surface area contributed by atoms with E-state index in [0.29, 0.717) is 5.69 Å². The molecule has 0 aliphatic heterocycles. The van der Waals surface area contributed by atoms with Gasteiger partial charge in [0.2, 0.25) is 0 Å². The number of halogens is 3. The maximum absolute atomic E-state index is 12.4. The molecule has 0 spiro atoms. The highest BCUT2D eigenvalue weighted by Crippen LogP contribution is 2.24. The normalized spacial score (nSPS) is 11.9. The summed E-state index contributed by atoms with van der Waals surface area (Å²) in [6.45, 7) is 4.10. The fourth-order valence-corrected chi connectivity index (χ4v) is 1.41. The van der Waals surface area contributed by atoms with Crippen LogP contribution in [0.3, 0.4) is 0 Å². The van der Waals surface area contributed by atoms with Gasteiger partial charge < -0.3 is 10.6 Å². The third-order valence-electron chi connectivity index (χ3n) is 2.40. The number of rotatable bonds is 3. The molecule has 0 radical (unpaired) electrons. The summed E-state index contributed by atoms with van der Waals surface area (Å²) in [7, 11) is 0. The van der Waals surface area contributed by atoms with E-state index in [-0.39, 0.29) is 11.9 Å². The predicted octanol–water partition coefficient (Wildman–Crippen LogP) is 2.75. The van der Waals surface area contributed by atoms with Crippen molar-refractivity contribution in [3.05, 3.63) is 17.8 Å². The summed E-state index contributed by atoms with van der Waals surface area (Å²) in [5.41, 5.74) is 6.88. The lowest BCUT2D eigenvalue weighted by Crippen LogP contribution is -2.39. The monoisotopic (exact) mass is 247 g/mol. The van der Waals surface area contributed by atoms with E-state index in [1.54, 1.807) is 20.8 Å². The van der Waals surface area contributed by atoms with Crippen LogP contribution in [0, 0.1) is 6.92 Å². The van der Waals surface area contributed by atoms with E-state index in [4.69, 9.17) is 5.73 Å². The van der Waals surface area contributed by atoms with Gasteiger partial charge in [0.1, 0.15) is 12.4 Å². The van der Waals surface area contributed by atoms with Gasteiger partial charge >= 0.3 is 6.18 Å². The molecular weight excluding hydrogens is 231 g/mol. The highest BCUT2D eigenvalue weighted by molar-refractivity contribution is 5.55. The van der Waals surface area contributed by atoms with Crippen LogP contribution in [0.5, 0.6) is 0 Å². The Bertz CT molecular complexity index is 388. The number of nitrogens with zero attached hydrogens (tertiary/aromatic N) is 2. The fraction of sp³-hybridized carbons (Fsp3) is 0.545. The minimum Gasteiger partial charge on any atom is -0.398 e. The first-order valence-corrected chi connectivity index (χ1v) is 5.26. The van der Waals surface area contributed by atoms with Crippen LogP contribution in [0.4, 0.5) is 24.7 Å². The zero-order valence-electron chi connectivity index (χ0n) is 10.0. The summed E-state index contributed by atoms with van der Waals surface area (Å²) in [4.78, 5) is 5.17. The molecule has 1 rings (SSSR count). The quantitative estimate of drug-likeness (QED) is 0.893. The van der Waals surface area contributed by atoms with Crippen LogP contribution in [-0.2, 0) is 0 Å². The van der Waals surface area contributed by atoms with Crippen molar-refractivity contribution in [3.63, 3.8) is 0 Å². The summed E-state index contributed by atoms with van der Waals surface area (Å²) in [5, 5.41) is 0. The Morgan fingerprint density at radius 1 is 1.41 bits per heavy atom. The molecule has 3 nitrogen and oxygen atoms in total. The SMILES string of the molecule is Cc1cnc(N(CC(F)(F)F)C(C)C)cc1N. The minimum absolute atomic E-state index is 0.250. The molecule has 0 atom stereocenters. The summed E-state index contributed by atoms with van der Waals surface area (Å²) in [6.07, 6.45) is -2.78. The first kappa shape index (κ1) is 13.6. The van der Waals surface area contributed by atoms with Gasteiger partial charge in [0.25, 0.3) is 0 Å². The number of anilines is 2. The highest BCUT2D eigenvalue weighted by Gasteiger charge is 2.32. The van der Waals surface area contributed by atoms with Gasteiger partial charge in [-0.2, -0.15) is 13.2 Å². The molecule has 2 N–H and O–H groups in total. The number of alkyl halides is 3. The van der Waals surface area contributed by atoms with Crippen molar-refractivity contribution < 1.29 is 13.2 Å². The van der Waals surface area contributed by atoms with Crippen molar-refractivity contribution >= 4 is 11.5 Å². The van der Waals surface area contributed by atoms with Crippen LogP contribution in [0.1, 0.15) is 19.4 Å². The van der Waals surface area contributed by atoms with E-state index >= 15 is 0 Å². The van der Waals surface area contributed by atoms with E-state index < -0.39 is 12.7 Å². The van der Waals surface area contributed by atoms with Crippen molar-refractivity contribution in [1.29, 1.82) is 0 Å². The number of hydrogen-bond acceptors (Lipinski definition) is 3. The maximum atomic E-state index is 12.4. The minimum atomic E-state index is -4.26. The van der Waals surface area contributed by atoms with Gasteiger partial charge in [0.05, 0.1) is 0 Å². The lowest BCUT2D eigenvalue weighted by atomic mass is 10.2. The number of aromatic nitrogens is 1. The number of hydrogen-bond donors (Lipinski definition) is 1. The molecule has 1 heterocycles. The second-order valence-electron chi connectivity index (χ2n) is 4.24. The van der Waals surface area contributed by atoms with Crippen LogP contribution in [-0.4, -0.2) is 23.7 Å². The zero-order valence-corrected chi connectivity index (χ0v) is 10.0. The lowest BCUT2D eigenvalue weighted by Gasteiger charge is -2.29. The molecular formula is C11H16F3N3. The van der Waals surface area contributed by atoms with Crippen LogP contribution in [0.2, 0.25) is 0 Å². The molecule has 6 heteroatoms. The average molecular weight is 247 g/mol. The zero-order chi connectivity index (χ0) is 13.2. The van der Waals surface area contributed by atoms with Gasteiger partial charge in [-0.1, -0.05) is 0 Å². The fourth-order valence-electron chi connectivity index (χ4n) is 1.41. The van der Waals surface area contributed by atoms with Gasteiger partial charge in [-0.25, -0.2) is 4.98 Å². The second kappa shape index (κ2) is 4.81. The number of nitrogen functional groups attached to an aromatic ring is 1. The Morgan fingerprint density at radius 2 is 2.00 bits per heavy atom. The summed E-state index contributed by atoms with van der Waals surface area (Å²) in [5.74, 6) is 0.250. The topological polar surface area (TPSA) is 42.2 Å². The molecule has 0 unspecified atom stereocenters. The molecule has 0 aromatic carbocycles. The van der Waals surface area contributed by atoms with Crippen molar-refractivity contribution in [1.82, 2.24) is 4.98 Å². The van der Waals surface area contributed by atoms with Crippen molar-refractivity contribution in [2.75, 3.05) is 17.2 Å². The third kappa shape index (κ3) is 3.80. The first-order chi connectivity index (χ1) is 7.70. The Balaban J connectivity index is 3.02. The molecule has 1 aromatic rings. The lowest BCUT2D eigenvalue weighted by molar-refractivity contribution is -0.120. The first-order valence-electron chi connectivity index (χ1n) is 5.26. The predicted molar refractivity (Wildman–Crippen MR) is 61.9 cm³/mol. The van der Waals surface area contributed by atoms with Gasteiger partial charge in [-0.15, -0.1) is 0 Å². The van der Waals surface area contributed by atoms with Crippen LogP contribution >= 0.6 is 0 Å². The second-order valence-corrected chi connectivity index (χ2v) is 4.24. The number of aryl methyl sites for hydroxylation is 1. The smallest absolute Gasteiger partial charge is 0.398 e. The maximum Gasteiger partial charge on any atom is 0.405 e. The molecule has 1 aromatic heterocycles. The Kier molecular flexibility index (Phi) is 3.85. The van der Waals surface area contributed by atoms with E-state index in [1.165, 1.54) is 17.2 Å². The van der Waals surface area contributed by atoms with Crippen molar-refractivity contribution in [2.24, 2.45) is 0 Å². The molecule has 0 aliphatic carbocycles. The molecule has 0 aliphatic rings. The van der Waals surface area contributed by atoms with Gasteiger partial charge in [0, 0.05) is 24.0 Å². The Hall–Kier alpha value is -1.46. The molecule has 0 fully saturated rings. The van der Waals surface area contributed by atoms with Crippen LogP contribution in [0.15, 0.2) is 12.3 Å². The highest BCUT2D eigenvalue weighted by atomic mass is 19.4. The van der Waals surface area contributed by atoms with E-state index in [2.05, 4.69) is 4.98 Å². The standard InChI is InChI=1S/C11H16F3N3/c1-7(2)17(6-11(12,13)14)10-4-9(15)8(3)5-16-10/h4-5,7H,6H2,1-3H3,(H2,15,16). The van der Waals surface area contributed by atoms with Gasteiger partial charge in [0.15, 0.2) is 0 Å². The van der Waals surface area contributed by atoms with Crippen LogP contribution < -0.4 is 10.6 Å². The Labute approximate surface area is 98.4 Å². The van der Waals surface area contributed by atoms with Gasteiger partial charge in [-0.3, -0.25) is 0 Å². The Morgan fingerprint density at radius 3 is 2.41 bits per heavy atom. The van der Waals surface area contributed by atoms with E-state index in [1.807, 2.05) is 0 Å². The molecule has 0 amide bonds. The summed E-state index contributed by atoms with van der Waals surface area (Å²) >= 11 is 0. The van der Waals surface area contributed by atoms with Gasteiger partial charge in [-0.05, 0) is 26.3 Å². The average Bonchev–Trinajstić information content (AvgIpc) is 2.17. The van der Waals surface area contributed by atoms with E-state index in [9.17, 15) is 13.2 Å². The van der Waals surface area contributed by atoms with Crippen LogP contribution in [0.25, 0.3) is 0 Å². The molecule has 17 heavy (non-hydrogen) atoms. The number of nitrogens with two attached hydrogens (primary N) is 1. The molecule has 0 saturated carbocycles. The number of pyridine rings is 1. The van der Waals surface area contributed by atoms with Crippen molar-refractivity contribution in [2.45, 2.75) is 33.0 Å². The largest absolute Gasteiger partial charge is 0.405 e. The summed E-state index contributed by atoms with van der Waals surface area (Å²) in [6, 6.07) is 1.17. The third-order valence-corrected chi connectivity index (χ3v) is 2.40. The molecule has 96 valence electrons. The molecule has 0 saturated heterocycles. The molecule has 0 bridgehead atoms.